The van der Waals surface area contributed by atoms with Crippen molar-refractivity contribution in [2.45, 2.75) is 26.1 Å². The Morgan fingerprint density at radius 1 is 1.35 bits per heavy atom. The first-order chi connectivity index (χ1) is 9.46. The summed E-state index contributed by atoms with van der Waals surface area (Å²) < 4.78 is 47.4. The summed E-state index contributed by atoms with van der Waals surface area (Å²) in [4.78, 5) is 1.03. The highest BCUT2D eigenvalue weighted by Crippen LogP contribution is 2.21. The van der Waals surface area contributed by atoms with Gasteiger partial charge in [-0.1, -0.05) is 12.0 Å². The Kier molecular flexibility index (Phi) is 6.73. The van der Waals surface area contributed by atoms with Gasteiger partial charge in [0, 0.05) is 20.2 Å². The average molecular weight is 296 g/mol. The fourth-order valence-electron chi connectivity index (χ4n) is 1.54. The van der Waals surface area contributed by atoms with Gasteiger partial charge in [-0.15, -0.1) is 5.10 Å². The van der Waals surface area contributed by atoms with Crippen LogP contribution in [-0.4, -0.2) is 49.7 Å². The molecule has 0 fully saturated rings. The van der Waals surface area contributed by atoms with Gasteiger partial charge in [-0.2, -0.15) is 13.2 Å². The van der Waals surface area contributed by atoms with Gasteiger partial charge in [-0.3, -0.25) is 0 Å². The number of hydrogen-bond acceptors (Lipinski definition) is 6. The third kappa shape index (κ3) is 6.20. The molecule has 20 heavy (non-hydrogen) atoms. The zero-order valence-electron chi connectivity index (χ0n) is 11.5. The second kappa shape index (κ2) is 8.05. The van der Waals surface area contributed by atoms with Crippen molar-refractivity contribution in [3.63, 3.8) is 0 Å². The molecule has 0 unspecified atom stereocenters. The van der Waals surface area contributed by atoms with Gasteiger partial charge in [0.05, 0.1) is 13.2 Å². The molecule has 6 nitrogen and oxygen atoms in total. The number of methoxy groups -OCH3 is 1. The Hall–Kier alpha value is -1.35. The second-order valence-corrected chi connectivity index (χ2v) is 4.18. The summed E-state index contributed by atoms with van der Waals surface area (Å²) in [6.45, 7) is 2.31. The normalized spacial score (nSPS) is 11.8. The third-order valence-corrected chi connectivity index (χ3v) is 2.35. The van der Waals surface area contributed by atoms with Crippen LogP contribution in [0.4, 0.5) is 19.2 Å². The smallest absolute Gasteiger partial charge is 0.406 e. The van der Waals surface area contributed by atoms with E-state index in [4.69, 9.17) is 9.15 Å². The maximum Gasteiger partial charge on any atom is 0.406 e. The van der Waals surface area contributed by atoms with E-state index in [9.17, 15) is 13.2 Å². The van der Waals surface area contributed by atoms with E-state index >= 15 is 0 Å². The summed E-state index contributed by atoms with van der Waals surface area (Å²) in [5, 5.41) is 10.3. The summed E-state index contributed by atoms with van der Waals surface area (Å²) >= 11 is 0. The van der Waals surface area contributed by atoms with Crippen molar-refractivity contribution in [2.24, 2.45) is 0 Å². The minimum absolute atomic E-state index is 0.104. The summed E-state index contributed by atoms with van der Waals surface area (Å²) in [7, 11) is 1.58. The van der Waals surface area contributed by atoms with Gasteiger partial charge in [-0.25, -0.2) is 0 Å². The molecule has 1 aromatic rings. The molecule has 0 aliphatic carbocycles. The van der Waals surface area contributed by atoms with Crippen LogP contribution < -0.4 is 10.2 Å². The van der Waals surface area contributed by atoms with E-state index in [1.165, 1.54) is 0 Å². The van der Waals surface area contributed by atoms with E-state index in [0.29, 0.717) is 26.1 Å². The highest BCUT2D eigenvalue weighted by molar-refractivity contribution is 5.24. The fraction of sp³-hybridized carbons (Fsp3) is 0.818. The molecule has 0 bridgehead atoms. The standard InChI is InChI=1S/C11H19F3N4O2/c1-3-5-18(8-11(12,13)14)10-17-16-9(20-10)7-15-4-6-19-2/h15H,3-8H2,1-2H3. The Morgan fingerprint density at radius 2 is 2.10 bits per heavy atom. The van der Waals surface area contributed by atoms with Crippen LogP contribution in [0.25, 0.3) is 0 Å². The molecule has 0 aliphatic rings. The van der Waals surface area contributed by atoms with Gasteiger partial charge in [0.15, 0.2) is 0 Å². The first kappa shape index (κ1) is 16.7. The van der Waals surface area contributed by atoms with Gasteiger partial charge in [0.25, 0.3) is 0 Å². The highest BCUT2D eigenvalue weighted by atomic mass is 19.4. The number of alkyl halides is 3. The Bertz CT molecular complexity index is 384. The van der Waals surface area contributed by atoms with E-state index in [-0.39, 0.29) is 18.5 Å². The van der Waals surface area contributed by atoms with Crippen LogP contribution in [0.15, 0.2) is 4.42 Å². The zero-order valence-corrected chi connectivity index (χ0v) is 11.5. The van der Waals surface area contributed by atoms with Crippen molar-refractivity contribution in [1.82, 2.24) is 15.5 Å². The summed E-state index contributed by atoms with van der Waals surface area (Å²) in [5.41, 5.74) is 0. The van der Waals surface area contributed by atoms with Crippen molar-refractivity contribution in [2.75, 3.05) is 38.3 Å². The van der Waals surface area contributed by atoms with Crippen molar-refractivity contribution >= 4 is 6.01 Å². The summed E-state index contributed by atoms with van der Waals surface area (Å²) in [6.07, 6.45) is -3.75. The van der Waals surface area contributed by atoms with Gasteiger partial charge >= 0.3 is 12.2 Å². The van der Waals surface area contributed by atoms with Crippen molar-refractivity contribution in [3.05, 3.63) is 5.89 Å². The first-order valence-electron chi connectivity index (χ1n) is 6.30. The predicted octanol–water partition coefficient (Wildman–Crippen LogP) is 1.58. The van der Waals surface area contributed by atoms with Crippen LogP contribution in [0.1, 0.15) is 19.2 Å². The molecule has 1 rings (SSSR count). The maximum absolute atomic E-state index is 12.5. The molecule has 0 amide bonds. The maximum atomic E-state index is 12.5. The van der Waals surface area contributed by atoms with E-state index in [1.807, 2.05) is 0 Å². The van der Waals surface area contributed by atoms with Gasteiger partial charge in [0.2, 0.25) is 5.89 Å². The molecule has 0 aromatic carbocycles. The highest BCUT2D eigenvalue weighted by Gasteiger charge is 2.32. The molecule has 0 atom stereocenters. The molecule has 1 heterocycles. The Labute approximate surface area is 115 Å². The molecule has 1 aromatic heterocycles. The number of nitrogens with zero attached hydrogens (tertiary/aromatic N) is 3. The van der Waals surface area contributed by atoms with Crippen molar-refractivity contribution in [3.8, 4) is 0 Å². The second-order valence-electron chi connectivity index (χ2n) is 4.18. The lowest BCUT2D eigenvalue weighted by molar-refractivity contribution is -0.120. The molecular weight excluding hydrogens is 277 g/mol. The molecule has 0 saturated carbocycles. The zero-order chi connectivity index (χ0) is 15.0. The van der Waals surface area contributed by atoms with Crippen LogP contribution in [0.2, 0.25) is 0 Å². The molecule has 1 N–H and O–H groups in total. The number of aromatic nitrogens is 2. The Balaban J connectivity index is 2.57. The van der Waals surface area contributed by atoms with Crippen LogP contribution in [0, 0.1) is 0 Å². The van der Waals surface area contributed by atoms with Crippen molar-refractivity contribution in [1.29, 1.82) is 0 Å². The number of rotatable bonds is 9. The number of nitrogens with one attached hydrogen (secondary N) is 1. The fourth-order valence-corrected chi connectivity index (χ4v) is 1.54. The lowest BCUT2D eigenvalue weighted by Crippen LogP contribution is -2.35. The number of ether oxygens (including phenoxy) is 1. The summed E-state index contributed by atoms with van der Waals surface area (Å²) in [6, 6.07) is -0.104. The minimum Gasteiger partial charge on any atom is -0.407 e. The average Bonchev–Trinajstić information content (AvgIpc) is 2.81. The monoisotopic (exact) mass is 296 g/mol. The largest absolute Gasteiger partial charge is 0.407 e. The molecule has 0 spiro atoms. The number of halogens is 3. The molecule has 0 radical (unpaired) electrons. The topological polar surface area (TPSA) is 63.4 Å². The van der Waals surface area contributed by atoms with Crippen LogP contribution >= 0.6 is 0 Å². The van der Waals surface area contributed by atoms with Gasteiger partial charge in [0.1, 0.15) is 6.54 Å². The third-order valence-electron chi connectivity index (χ3n) is 2.35. The molecule has 0 saturated heterocycles. The van der Waals surface area contributed by atoms with E-state index < -0.39 is 12.7 Å². The molecule has 116 valence electrons. The van der Waals surface area contributed by atoms with Crippen LogP contribution in [-0.2, 0) is 11.3 Å². The first-order valence-corrected chi connectivity index (χ1v) is 6.30. The van der Waals surface area contributed by atoms with E-state index in [0.717, 1.165) is 4.90 Å². The SMILES string of the molecule is CCCN(CC(F)(F)F)c1nnc(CNCCOC)o1. The lowest BCUT2D eigenvalue weighted by atomic mass is 10.4. The molecular formula is C11H19F3N4O2. The van der Waals surface area contributed by atoms with E-state index in [1.54, 1.807) is 14.0 Å². The number of hydrogen-bond donors (Lipinski definition) is 1. The van der Waals surface area contributed by atoms with Gasteiger partial charge < -0.3 is 19.4 Å². The van der Waals surface area contributed by atoms with Crippen LogP contribution in [0.5, 0.6) is 0 Å². The predicted molar refractivity (Wildman–Crippen MR) is 66.4 cm³/mol. The Morgan fingerprint density at radius 3 is 2.70 bits per heavy atom. The van der Waals surface area contributed by atoms with E-state index in [2.05, 4.69) is 15.5 Å². The quantitative estimate of drug-likeness (QED) is 0.698. The molecule has 0 aliphatic heterocycles. The van der Waals surface area contributed by atoms with Gasteiger partial charge in [-0.05, 0) is 6.42 Å². The molecule has 9 heteroatoms. The minimum atomic E-state index is -4.31. The lowest BCUT2D eigenvalue weighted by Gasteiger charge is -2.20. The summed E-state index contributed by atoms with van der Waals surface area (Å²) in [5.74, 6) is 0.249. The number of anilines is 1. The van der Waals surface area contributed by atoms with Crippen LogP contribution in [0.3, 0.4) is 0 Å². The van der Waals surface area contributed by atoms with Crippen molar-refractivity contribution < 1.29 is 22.3 Å².